The molecule has 0 amide bonds. The molecular formula is C20H40O3. The van der Waals surface area contributed by atoms with Crippen LogP contribution in [0.2, 0.25) is 0 Å². The summed E-state index contributed by atoms with van der Waals surface area (Å²) in [5.74, 6) is 0. The smallest absolute Gasteiger partial charge is 0.104 e. The molecule has 0 aliphatic carbocycles. The van der Waals surface area contributed by atoms with Crippen molar-refractivity contribution in [3.63, 3.8) is 0 Å². The van der Waals surface area contributed by atoms with Crippen LogP contribution in [0.15, 0.2) is 0 Å². The fourth-order valence-corrected chi connectivity index (χ4v) is 2.62. The predicted molar refractivity (Wildman–Crippen MR) is 97.1 cm³/mol. The second-order valence-corrected chi connectivity index (χ2v) is 6.96. The molecule has 0 radical (unpaired) electrons. The molecule has 2 heterocycles. The number of hydrogen-bond acceptors (Lipinski definition) is 3. The summed E-state index contributed by atoms with van der Waals surface area (Å²) < 4.78 is 15.3. The third-order valence-corrected chi connectivity index (χ3v) is 4.34. The Morgan fingerprint density at radius 1 is 0.696 bits per heavy atom. The fraction of sp³-hybridized carbons (Fsp3) is 1.00. The average molecular weight is 329 g/mol. The third kappa shape index (κ3) is 16.5. The van der Waals surface area contributed by atoms with Crippen LogP contribution in [-0.4, -0.2) is 38.6 Å². The minimum absolute atomic E-state index is 0.432. The van der Waals surface area contributed by atoms with E-state index < -0.39 is 0 Å². The van der Waals surface area contributed by atoms with Crippen molar-refractivity contribution >= 4 is 0 Å². The highest BCUT2D eigenvalue weighted by Crippen LogP contribution is 2.18. The summed E-state index contributed by atoms with van der Waals surface area (Å²) in [6.45, 7) is 8.01. The summed E-state index contributed by atoms with van der Waals surface area (Å²) in [6, 6.07) is 0. The molecule has 0 aromatic rings. The Balaban J connectivity index is 0.000000277. The average Bonchev–Trinajstić information content (AvgIpc) is 3.45. The molecule has 2 fully saturated rings. The van der Waals surface area contributed by atoms with E-state index in [0.717, 1.165) is 32.8 Å². The van der Waals surface area contributed by atoms with Crippen LogP contribution < -0.4 is 0 Å². The molecule has 2 rings (SSSR count). The lowest BCUT2D eigenvalue weighted by Gasteiger charge is -2.01. The van der Waals surface area contributed by atoms with Gasteiger partial charge in [-0.15, -0.1) is 0 Å². The molecule has 0 saturated carbocycles. The van der Waals surface area contributed by atoms with Gasteiger partial charge in [-0.3, -0.25) is 0 Å². The first-order chi connectivity index (χ1) is 11.4. The molecule has 0 bridgehead atoms. The highest BCUT2D eigenvalue weighted by molar-refractivity contribution is 4.68. The van der Waals surface area contributed by atoms with Gasteiger partial charge in [0, 0.05) is 6.61 Å². The number of unbranched alkanes of at least 4 members (excludes halogenated alkanes) is 9. The largest absolute Gasteiger partial charge is 0.379 e. The molecule has 23 heavy (non-hydrogen) atoms. The molecule has 2 aliphatic rings. The zero-order chi connectivity index (χ0) is 16.6. The van der Waals surface area contributed by atoms with Crippen LogP contribution in [0.25, 0.3) is 0 Å². The minimum Gasteiger partial charge on any atom is -0.379 e. The minimum atomic E-state index is 0.432. The topological polar surface area (TPSA) is 34.3 Å². The van der Waals surface area contributed by atoms with Crippen molar-refractivity contribution in [1.82, 2.24) is 0 Å². The van der Waals surface area contributed by atoms with Gasteiger partial charge in [-0.25, -0.2) is 0 Å². The quantitative estimate of drug-likeness (QED) is 0.294. The van der Waals surface area contributed by atoms with Gasteiger partial charge in [0.25, 0.3) is 0 Å². The van der Waals surface area contributed by atoms with Crippen molar-refractivity contribution in [2.75, 3.05) is 26.4 Å². The normalized spacial score (nSPS) is 21.7. The maximum atomic E-state index is 5.19. The summed E-state index contributed by atoms with van der Waals surface area (Å²) in [7, 11) is 0. The van der Waals surface area contributed by atoms with E-state index in [9.17, 15) is 0 Å². The second-order valence-electron chi connectivity index (χ2n) is 6.96. The highest BCUT2D eigenvalue weighted by Gasteiger charge is 2.21. The second kappa shape index (κ2) is 15.4. The van der Waals surface area contributed by atoms with Crippen LogP contribution >= 0.6 is 0 Å². The van der Waals surface area contributed by atoms with Gasteiger partial charge in [0.2, 0.25) is 0 Å². The van der Waals surface area contributed by atoms with Crippen LogP contribution in [0.5, 0.6) is 0 Å². The first-order valence-corrected chi connectivity index (χ1v) is 10.2. The number of hydrogen-bond donors (Lipinski definition) is 0. The van der Waals surface area contributed by atoms with Crippen molar-refractivity contribution in [3.05, 3.63) is 0 Å². The molecule has 2 atom stereocenters. The van der Waals surface area contributed by atoms with Gasteiger partial charge < -0.3 is 14.2 Å². The first-order valence-electron chi connectivity index (χ1n) is 10.2. The van der Waals surface area contributed by atoms with Crippen LogP contribution in [0, 0.1) is 0 Å². The molecule has 2 unspecified atom stereocenters. The first kappa shape index (κ1) is 20.9. The summed E-state index contributed by atoms with van der Waals surface area (Å²) >= 11 is 0. The molecule has 0 aromatic heterocycles. The SMILES string of the molecule is CCCCCCCCCCCCC1CO1.CCCOCC1CO1. The Morgan fingerprint density at radius 3 is 1.70 bits per heavy atom. The molecular weight excluding hydrogens is 288 g/mol. The fourth-order valence-electron chi connectivity index (χ4n) is 2.62. The lowest BCUT2D eigenvalue weighted by Crippen LogP contribution is -2.01. The van der Waals surface area contributed by atoms with Gasteiger partial charge in [-0.1, -0.05) is 78.1 Å². The number of ether oxygens (including phenoxy) is 3. The molecule has 2 saturated heterocycles. The van der Waals surface area contributed by atoms with Crippen molar-refractivity contribution in [3.8, 4) is 0 Å². The van der Waals surface area contributed by atoms with E-state index in [1.54, 1.807) is 0 Å². The van der Waals surface area contributed by atoms with Gasteiger partial charge in [-0.05, 0) is 12.8 Å². The number of rotatable bonds is 15. The van der Waals surface area contributed by atoms with Gasteiger partial charge in [0.1, 0.15) is 6.10 Å². The Hall–Kier alpha value is -0.120. The molecule has 138 valence electrons. The van der Waals surface area contributed by atoms with E-state index >= 15 is 0 Å². The summed E-state index contributed by atoms with van der Waals surface area (Å²) in [6.07, 6.45) is 17.9. The van der Waals surface area contributed by atoms with Crippen molar-refractivity contribution in [2.24, 2.45) is 0 Å². The lowest BCUT2D eigenvalue weighted by molar-refractivity contribution is 0.117. The Bertz CT molecular complexity index is 237. The Morgan fingerprint density at radius 2 is 1.22 bits per heavy atom. The molecule has 2 aliphatic heterocycles. The van der Waals surface area contributed by atoms with Crippen molar-refractivity contribution in [2.45, 2.75) is 103 Å². The zero-order valence-corrected chi connectivity index (χ0v) is 15.7. The van der Waals surface area contributed by atoms with Gasteiger partial charge in [0.15, 0.2) is 0 Å². The van der Waals surface area contributed by atoms with Gasteiger partial charge in [-0.2, -0.15) is 0 Å². The predicted octanol–water partition coefficient (Wildman–Crippen LogP) is 5.51. The Labute approximate surface area is 144 Å². The Kier molecular flexibility index (Phi) is 14.0. The van der Waals surface area contributed by atoms with Crippen LogP contribution in [-0.2, 0) is 14.2 Å². The lowest BCUT2D eigenvalue weighted by atomic mass is 10.1. The van der Waals surface area contributed by atoms with Crippen molar-refractivity contribution in [1.29, 1.82) is 0 Å². The number of epoxide rings is 2. The van der Waals surface area contributed by atoms with E-state index in [1.165, 1.54) is 70.6 Å². The van der Waals surface area contributed by atoms with E-state index in [-0.39, 0.29) is 0 Å². The summed E-state index contributed by atoms with van der Waals surface area (Å²) in [5, 5.41) is 0. The van der Waals surface area contributed by atoms with Gasteiger partial charge in [0.05, 0.1) is 25.9 Å². The summed E-state index contributed by atoms with van der Waals surface area (Å²) in [5.41, 5.74) is 0. The van der Waals surface area contributed by atoms with E-state index in [4.69, 9.17) is 14.2 Å². The van der Waals surface area contributed by atoms with E-state index in [0.29, 0.717) is 12.2 Å². The summed E-state index contributed by atoms with van der Waals surface area (Å²) in [4.78, 5) is 0. The molecule has 0 aromatic carbocycles. The molecule has 3 heteroatoms. The van der Waals surface area contributed by atoms with Crippen molar-refractivity contribution < 1.29 is 14.2 Å². The third-order valence-electron chi connectivity index (χ3n) is 4.34. The standard InChI is InChI=1S/C14H28O.C6H12O2/c1-2-3-4-5-6-7-8-9-10-11-12-14-13-15-14;1-2-3-7-4-6-5-8-6/h14H,2-13H2,1H3;6H,2-5H2,1H3. The maximum Gasteiger partial charge on any atom is 0.104 e. The van der Waals surface area contributed by atoms with Crippen LogP contribution in [0.1, 0.15) is 90.9 Å². The van der Waals surface area contributed by atoms with E-state index in [2.05, 4.69) is 13.8 Å². The van der Waals surface area contributed by atoms with E-state index in [1.807, 2.05) is 0 Å². The van der Waals surface area contributed by atoms with Crippen LogP contribution in [0.3, 0.4) is 0 Å². The molecule has 0 N–H and O–H groups in total. The maximum absolute atomic E-state index is 5.19. The zero-order valence-electron chi connectivity index (χ0n) is 15.7. The highest BCUT2D eigenvalue weighted by atomic mass is 16.6. The molecule has 3 nitrogen and oxygen atoms in total. The monoisotopic (exact) mass is 328 g/mol. The van der Waals surface area contributed by atoms with Crippen LogP contribution in [0.4, 0.5) is 0 Å². The van der Waals surface area contributed by atoms with Gasteiger partial charge >= 0.3 is 0 Å². The molecule has 0 spiro atoms.